The Morgan fingerprint density at radius 3 is 2.61 bits per heavy atom. The van der Waals surface area contributed by atoms with Crippen LogP contribution >= 0.6 is 11.6 Å². The molecule has 0 bridgehead atoms. The number of amides is 1. The van der Waals surface area contributed by atoms with Crippen molar-refractivity contribution in [2.24, 2.45) is 11.8 Å². The van der Waals surface area contributed by atoms with E-state index >= 15 is 0 Å². The minimum absolute atomic E-state index is 0.0517. The molecule has 1 saturated carbocycles. The molecule has 11 heteroatoms. The first-order chi connectivity index (χ1) is 18.1. The predicted molar refractivity (Wildman–Crippen MR) is 134 cm³/mol. The van der Waals surface area contributed by atoms with Gasteiger partial charge < -0.3 is 19.3 Å². The van der Waals surface area contributed by atoms with Crippen LogP contribution in [0.4, 0.5) is 13.2 Å². The number of pyridine rings is 1. The molecule has 2 aliphatic rings. The second-order valence-corrected chi connectivity index (χ2v) is 10.4. The molecule has 5 rings (SSSR count). The van der Waals surface area contributed by atoms with Crippen molar-refractivity contribution in [3.63, 3.8) is 0 Å². The number of carbonyl (C=O) groups excluding carboxylic acids is 1. The fourth-order valence-electron chi connectivity index (χ4n) is 5.67. The zero-order chi connectivity index (χ0) is 27.0. The van der Waals surface area contributed by atoms with Crippen LogP contribution in [0.1, 0.15) is 48.9 Å². The molecule has 0 atom stereocenters. The number of alkyl halides is 3. The van der Waals surface area contributed by atoms with E-state index in [0.717, 1.165) is 35.1 Å². The van der Waals surface area contributed by atoms with Gasteiger partial charge in [0.05, 0.1) is 17.5 Å². The van der Waals surface area contributed by atoms with Crippen LogP contribution in [-0.2, 0) is 29.1 Å². The average Bonchev–Trinajstić information content (AvgIpc) is 3.18. The standard InChI is InChI=1S/C27H27ClF3N3O4/c28-21-12-17(5-8-23(21)38-27(29,30)31)14-34-22-15-33(11-9-19(22)20-2-1-10-32-25(20)34)24(35)13-16-3-6-18(7-4-16)26(36)37/h1-2,5,8,10,12,16,18H,3-4,6-7,9,11,13-15H2,(H,36,37)/t16-,18-. The van der Waals surface area contributed by atoms with Crippen molar-refractivity contribution in [3.05, 3.63) is 58.4 Å². The number of benzene rings is 1. The van der Waals surface area contributed by atoms with Crippen LogP contribution in [0.25, 0.3) is 11.0 Å². The third kappa shape index (κ3) is 5.60. The number of carbonyl (C=O) groups is 2. The number of halogens is 4. The first kappa shape index (κ1) is 26.3. The summed E-state index contributed by atoms with van der Waals surface area (Å²) in [5.41, 5.74) is 3.47. The van der Waals surface area contributed by atoms with Gasteiger partial charge in [-0.2, -0.15) is 0 Å². The minimum Gasteiger partial charge on any atom is -0.481 e. The van der Waals surface area contributed by atoms with Crippen molar-refractivity contribution in [3.8, 4) is 5.75 Å². The first-order valence-electron chi connectivity index (χ1n) is 12.6. The van der Waals surface area contributed by atoms with Gasteiger partial charge in [-0.25, -0.2) is 4.98 Å². The number of nitrogens with zero attached hydrogens (tertiary/aromatic N) is 3. The SMILES string of the molecule is O=C(C[C@H]1CC[C@H](C(=O)O)CC1)N1CCc2c(n(Cc3ccc(OC(F)(F)F)c(Cl)c3)c3ncccc23)C1. The molecule has 0 radical (unpaired) electrons. The molecule has 7 nitrogen and oxygen atoms in total. The lowest BCUT2D eigenvalue weighted by Gasteiger charge is -2.31. The fraction of sp³-hybridized carbons (Fsp3) is 0.444. The number of aliphatic carboxylic acids is 1. The summed E-state index contributed by atoms with van der Waals surface area (Å²) in [5, 5.41) is 10.1. The Morgan fingerprint density at radius 2 is 1.92 bits per heavy atom. The molecule has 1 aromatic carbocycles. The molecule has 38 heavy (non-hydrogen) atoms. The van der Waals surface area contributed by atoms with Gasteiger partial charge in [0.2, 0.25) is 5.91 Å². The summed E-state index contributed by atoms with van der Waals surface area (Å²) in [5.74, 6) is -1.30. The van der Waals surface area contributed by atoms with Crippen LogP contribution in [-0.4, -0.2) is 44.3 Å². The van der Waals surface area contributed by atoms with E-state index < -0.39 is 18.1 Å². The average molecular weight is 550 g/mol. The summed E-state index contributed by atoms with van der Waals surface area (Å²) in [4.78, 5) is 30.9. The van der Waals surface area contributed by atoms with E-state index in [0.29, 0.717) is 50.9 Å². The maximum atomic E-state index is 13.2. The molecule has 0 saturated heterocycles. The van der Waals surface area contributed by atoms with Gasteiger partial charge >= 0.3 is 12.3 Å². The summed E-state index contributed by atoms with van der Waals surface area (Å²) < 4.78 is 43.9. The number of hydrogen-bond donors (Lipinski definition) is 1. The van der Waals surface area contributed by atoms with Gasteiger partial charge in [-0.05, 0) is 73.4 Å². The molecule has 3 heterocycles. The quantitative estimate of drug-likeness (QED) is 0.420. The molecule has 1 aliphatic heterocycles. The van der Waals surface area contributed by atoms with Gasteiger partial charge in [-0.3, -0.25) is 9.59 Å². The first-order valence-corrected chi connectivity index (χ1v) is 13.0. The smallest absolute Gasteiger partial charge is 0.481 e. The number of ether oxygens (including phenoxy) is 1. The van der Waals surface area contributed by atoms with E-state index in [9.17, 15) is 27.9 Å². The van der Waals surface area contributed by atoms with Crippen molar-refractivity contribution >= 4 is 34.5 Å². The third-order valence-corrected chi connectivity index (χ3v) is 7.88. The number of rotatable bonds is 6. The zero-order valence-electron chi connectivity index (χ0n) is 20.5. The Balaban J connectivity index is 1.35. The van der Waals surface area contributed by atoms with Gasteiger partial charge in [0.25, 0.3) is 0 Å². The molecule has 1 aliphatic carbocycles. The van der Waals surface area contributed by atoms with Crippen LogP contribution in [0.2, 0.25) is 5.02 Å². The maximum absolute atomic E-state index is 13.2. The van der Waals surface area contributed by atoms with Crippen LogP contribution < -0.4 is 4.74 Å². The summed E-state index contributed by atoms with van der Waals surface area (Å²) >= 11 is 6.09. The number of hydrogen-bond acceptors (Lipinski definition) is 4. The normalized spacial score (nSPS) is 19.8. The van der Waals surface area contributed by atoms with Crippen LogP contribution in [0.5, 0.6) is 5.75 Å². The highest BCUT2D eigenvalue weighted by Crippen LogP contribution is 2.35. The lowest BCUT2D eigenvalue weighted by Crippen LogP contribution is -2.38. The van der Waals surface area contributed by atoms with E-state index in [4.69, 9.17) is 11.6 Å². The van der Waals surface area contributed by atoms with Gasteiger partial charge in [0.1, 0.15) is 11.4 Å². The van der Waals surface area contributed by atoms with Crippen LogP contribution in [0, 0.1) is 11.8 Å². The highest BCUT2D eigenvalue weighted by Gasteiger charge is 2.33. The molecule has 0 spiro atoms. The monoisotopic (exact) mass is 549 g/mol. The third-order valence-electron chi connectivity index (χ3n) is 7.59. The van der Waals surface area contributed by atoms with E-state index in [-0.39, 0.29) is 22.8 Å². The maximum Gasteiger partial charge on any atom is 0.573 e. The lowest BCUT2D eigenvalue weighted by molar-refractivity contribution is -0.274. The van der Waals surface area contributed by atoms with Crippen molar-refractivity contribution in [1.29, 1.82) is 0 Å². The molecule has 2 aromatic heterocycles. The second-order valence-electron chi connectivity index (χ2n) is 10.0. The molecule has 1 N–H and O–H groups in total. The lowest BCUT2D eigenvalue weighted by atomic mass is 9.80. The molecule has 0 unspecified atom stereocenters. The van der Waals surface area contributed by atoms with E-state index in [1.807, 2.05) is 21.6 Å². The number of fused-ring (bicyclic) bond motifs is 3. The van der Waals surface area contributed by atoms with Crippen molar-refractivity contribution in [2.45, 2.75) is 58.0 Å². The largest absolute Gasteiger partial charge is 0.573 e. The molecule has 1 amide bonds. The Labute approximate surface area is 222 Å². The Morgan fingerprint density at radius 1 is 1.16 bits per heavy atom. The fourth-order valence-corrected chi connectivity index (χ4v) is 5.91. The van der Waals surface area contributed by atoms with Crippen molar-refractivity contribution < 1.29 is 32.6 Å². The molecular weight excluding hydrogens is 523 g/mol. The second kappa shape index (κ2) is 10.5. The number of carboxylic acid groups (broad SMARTS) is 1. The van der Waals surface area contributed by atoms with Gasteiger partial charge in [0.15, 0.2) is 0 Å². The van der Waals surface area contributed by atoms with Gasteiger partial charge in [-0.15, -0.1) is 13.2 Å². The minimum atomic E-state index is -4.84. The molecule has 3 aromatic rings. The van der Waals surface area contributed by atoms with Gasteiger partial charge in [-0.1, -0.05) is 17.7 Å². The predicted octanol–water partition coefficient (Wildman–Crippen LogP) is 5.80. The highest BCUT2D eigenvalue weighted by atomic mass is 35.5. The number of aromatic nitrogens is 2. The number of carboxylic acids is 1. The highest BCUT2D eigenvalue weighted by molar-refractivity contribution is 6.32. The van der Waals surface area contributed by atoms with Crippen LogP contribution in [0.15, 0.2) is 36.5 Å². The summed E-state index contributed by atoms with van der Waals surface area (Å²) in [6.45, 7) is 1.30. The Hall–Kier alpha value is -3.27. The Kier molecular flexibility index (Phi) is 7.26. The summed E-state index contributed by atoms with van der Waals surface area (Å²) in [7, 11) is 0. The van der Waals surface area contributed by atoms with Crippen LogP contribution in [0.3, 0.4) is 0 Å². The van der Waals surface area contributed by atoms with Crippen molar-refractivity contribution in [2.75, 3.05) is 6.54 Å². The topological polar surface area (TPSA) is 84.7 Å². The molecule has 1 fully saturated rings. The summed E-state index contributed by atoms with van der Waals surface area (Å²) in [6, 6.07) is 8.03. The van der Waals surface area contributed by atoms with Crippen molar-refractivity contribution in [1.82, 2.24) is 14.5 Å². The molecule has 202 valence electrons. The summed E-state index contributed by atoms with van der Waals surface area (Å²) in [6.07, 6.45) is 0.600. The Bertz CT molecular complexity index is 1370. The van der Waals surface area contributed by atoms with E-state index in [2.05, 4.69) is 9.72 Å². The van der Waals surface area contributed by atoms with E-state index in [1.165, 1.54) is 18.2 Å². The van der Waals surface area contributed by atoms with E-state index in [1.54, 1.807) is 6.20 Å². The van der Waals surface area contributed by atoms with Gasteiger partial charge in [0, 0.05) is 36.8 Å². The molecular formula is C27H27ClF3N3O4. The zero-order valence-corrected chi connectivity index (χ0v) is 21.3.